The number of carbonyl (C=O) groups is 1. The lowest BCUT2D eigenvalue weighted by molar-refractivity contribution is 0.0599. The highest BCUT2D eigenvalue weighted by Gasteiger charge is 2.28. The third-order valence-corrected chi connectivity index (χ3v) is 6.22. The van der Waals surface area contributed by atoms with Gasteiger partial charge in [-0.05, 0) is 28.0 Å². The van der Waals surface area contributed by atoms with Crippen LogP contribution in [0.2, 0.25) is 0 Å². The fourth-order valence-electron chi connectivity index (χ4n) is 4.65. The van der Waals surface area contributed by atoms with Gasteiger partial charge in [0.15, 0.2) is 0 Å². The van der Waals surface area contributed by atoms with E-state index >= 15 is 0 Å². The number of benzene rings is 4. The molecule has 1 heterocycles. The quantitative estimate of drug-likeness (QED) is 0.454. The highest BCUT2D eigenvalue weighted by atomic mass is 16.2. The average molecular weight is 407 g/mol. The molecule has 3 nitrogen and oxygen atoms in total. The number of nitrogens with zero attached hydrogens (tertiary/aromatic N) is 2. The first-order valence-electron chi connectivity index (χ1n) is 10.9. The predicted molar refractivity (Wildman–Crippen MR) is 126 cm³/mol. The van der Waals surface area contributed by atoms with E-state index in [0.717, 1.165) is 42.5 Å². The van der Waals surface area contributed by atoms with Gasteiger partial charge in [-0.1, -0.05) is 97.1 Å². The van der Waals surface area contributed by atoms with Crippen LogP contribution in [0, 0.1) is 0 Å². The second-order valence-electron chi connectivity index (χ2n) is 8.08. The standard InChI is InChI=1S/C28H26N2O/c31-28(26-17-9-15-22-10-7-8-16-25(22)26)30-20-18-29(19-21-30)27(23-11-3-1-4-12-23)24-13-5-2-6-14-24/h1-17,27H,18-21H2. The van der Waals surface area contributed by atoms with Gasteiger partial charge in [-0.3, -0.25) is 9.69 Å². The lowest BCUT2D eigenvalue weighted by Gasteiger charge is -2.40. The van der Waals surface area contributed by atoms with Crippen molar-refractivity contribution in [3.8, 4) is 0 Å². The summed E-state index contributed by atoms with van der Waals surface area (Å²) in [5.41, 5.74) is 3.39. The van der Waals surface area contributed by atoms with E-state index in [9.17, 15) is 4.79 Å². The summed E-state index contributed by atoms with van der Waals surface area (Å²) < 4.78 is 0. The van der Waals surface area contributed by atoms with E-state index in [2.05, 4.69) is 77.7 Å². The van der Waals surface area contributed by atoms with Crippen LogP contribution >= 0.6 is 0 Å². The van der Waals surface area contributed by atoms with Crippen LogP contribution in [0.3, 0.4) is 0 Å². The summed E-state index contributed by atoms with van der Waals surface area (Å²) in [5, 5.41) is 2.14. The summed E-state index contributed by atoms with van der Waals surface area (Å²) in [4.78, 5) is 17.8. The number of carbonyl (C=O) groups excluding carboxylic acids is 1. The first-order valence-corrected chi connectivity index (χ1v) is 10.9. The first kappa shape index (κ1) is 19.5. The Bertz CT molecular complexity index is 1120. The molecule has 0 atom stereocenters. The minimum Gasteiger partial charge on any atom is -0.336 e. The van der Waals surface area contributed by atoms with Crippen LogP contribution in [0.25, 0.3) is 10.8 Å². The largest absolute Gasteiger partial charge is 0.336 e. The zero-order valence-electron chi connectivity index (χ0n) is 17.5. The Morgan fingerprint density at radius 2 is 1.16 bits per heavy atom. The minimum atomic E-state index is 0.132. The highest BCUT2D eigenvalue weighted by molar-refractivity contribution is 6.07. The zero-order valence-corrected chi connectivity index (χ0v) is 17.5. The Hall–Kier alpha value is -3.43. The van der Waals surface area contributed by atoms with Crippen LogP contribution in [-0.4, -0.2) is 41.9 Å². The summed E-state index contributed by atoms with van der Waals surface area (Å²) in [6.45, 7) is 3.17. The van der Waals surface area contributed by atoms with E-state index < -0.39 is 0 Å². The molecule has 3 heteroatoms. The van der Waals surface area contributed by atoms with Crippen molar-refractivity contribution in [2.45, 2.75) is 6.04 Å². The van der Waals surface area contributed by atoms with Crippen molar-refractivity contribution < 1.29 is 4.79 Å². The van der Waals surface area contributed by atoms with Gasteiger partial charge in [0.1, 0.15) is 0 Å². The van der Waals surface area contributed by atoms with Gasteiger partial charge in [-0.25, -0.2) is 0 Å². The summed E-state index contributed by atoms with van der Waals surface area (Å²) in [6, 6.07) is 35.7. The van der Waals surface area contributed by atoms with E-state index in [4.69, 9.17) is 0 Å². The molecule has 0 unspecified atom stereocenters. The molecule has 1 aliphatic rings. The summed E-state index contributed by atoms with van der Waals surface area (Å²) in [6.07, 6.45) is 0. The van der Waals surface area contributed by atoms with Crippen molar-refractivity contribution in [3.63, 3.8) is 0 Å². The molecular formula is C28H26N2O. The second kappa shape index (κ2) is 8.75. The molecule has 5 rings (SSSR count). The van der Waals surface area contributed by atoms with Crippen LogP contribution in [-0.2, 0) is 0 Å². The van der Waals surface area contributed by atoms with Crippen molar-refractivity contribution in [2.24, 2.45) is 0 Å². The minimum absolute atomic E-state index is 0.132. The molecule has 0 N–H and O–H groups in total. The summed E-state index contributed by atoms with van der Waals surface area (Å²) in [5.74, 6) is 0.132. The normalized spacial score (nSPS) is 14.8. The van der Waals surface area contributed by atoms with Crippen LogP contribution in [0.4, 0.5) is 0 Å². The third kappa shape index (κ3) is 3.97. The molecule has 154 valence electrons. The summed E-state index contributed by atoms with van der Waals surface area (Å²) in [7, 11) is 0. The Morgan fingerprint density at radius 1 is 0.613 bits per heavy atom. The number of hydrogen-bond donors (Lipinski definition) is 0. The van der Waals surface area contributed by atoms with Crippen molar-refractivity contribution in [3.05, 3.63) is 120 Å². The maximum absolute atomic E-state index is 13.3. The Morgan fingerprint density at radius 3 is 1.81 bits per heavy atom. The molecule has 0 saturated carbocycles. The molecule has 1 fully saturated rings. The second-order valence-corrected chi connectivity index (χ2v) is 8.08. The van der Waals surface area contributed by atoms with Gasteiger partial charge in [0.2, 0.25) is 0 Å². The Labute approximate surface area is 183 Å². The molecule has 4 aromatic rings. The van der Waals surface area contributed by atoms with Crippen molar-refractivity contribution >= 4 is 16.7 Å². The molecule has 0 spiro atoms. The van der Waals surface area contributed by atoms with E-state index in [1.807, 2.05) is 35.2 Å². The average Bonchev–Trinajstić information content (AvgIpc) is 2.85. The van der Waals surface area contributed by atoms with Gasteiger partial charge >= 0.3 is 0 Å². The Kier molecular flexibility index (Phi) is 5.51. The van der Waals surface area contributed by atoms with Gasteiger partial charge in [0.25, 0.3) is 5.91 Å². The first-order chi connectivity index (χ1) is 15.3. The van der Waals surface area contributed by atoms with E-state index in [-0.39, 0.29) is 11.9 Å². The fraction of sp³-hybridized carbons (Fsp3) is 0.179. The van der Waals surface area contributed by atoms with E-state index in [1.165, 1.54) is 11.1 Å². The number of fused-ring (bicyclic) bond motifs is 1. The molecule has 1 aliphatic heterocycles. The SMILES string of the molecule is O=C(c1cccc2ccccc12)N1CCN(C(c2ccccc2)c2ccccc2)CC1. The van der Waals surface area contributed by atoms with Gasteiger partial charge < -0.3 is 4.90 Å². The number of rotatable bonds is 4. The molecule has 4 aromatic carbocycles. The monoisotopic (exact) mass is 406 g/mol. The van der Waals surface area contributed by atoms with Crippen molar-refractivity contribution in [1.82, 2.24) is 9.80 Å². The maximum atomic E-state index is 13.3. The van der Waals surface area contributed by atoms with Crippen LogP contribution < -0.4 is 0 Å². The Balaban J connectivity index is 1.37. The van der Waals surface area contributed by atoms with Gasteiger partial charge in [-0.2, -0.15) is 0 Å². The topological polar surface area (TPSA) is 23.6 Å². The lowest BCUT2D eigenvalue weighted by Crippen LogP contribution is -2.49. The zero-order chi connectivity index (χ0) is 21.0. The molecule has 0 bridgehead atoms. The fourth-order valence-corrected chi connectivity index (χ4v) is 4.65. The maximum Gasteiger partial charge on any atom is 0.254 e. The molecule has 0 aliphatic carbocycles. The van der Waals surface area contributed by atoms with Gasteiger partial charge in [-0.15, -0.1) is 0 Å². The number of piperazine rings is 1. The summed E-state index contributed by atoms with van der Waals surface area (Å²) >= 11 is 0. The van der Waals surface area contributed by atoms with E-state index in [0.29, 0.717) is 0 Å². The van der Waals surface area contributed by atoms with Crippen molar-refractivity contribution in [2.75, 3.05) is 26.2 Å². The van der Waals surface area contributed by atoms with E-state index in [1.54, 1.807) is 0 Å². The molecule has 1 amide bonds. The number of amides is 1. The highest BCUT2D eigenvalue weighted by Crippen LogP contribution is 2.30. The van der Waals surface area contributed by atoms with Crippen LogP contribution in [0.1, 0.15) is 27.5 Å². The van der Waals surface area contributed by atoms with Gasteiger partial charge in [0, 0.05) is 31.7 Å². The lowest BCUT2D eigenvalue weighted by atomic mass is 9.96. The third-order valence-electron chi connectivity index (χ3n) is 6.22. The van der Waals surface area contributed by atoms with Crippen molar-refractivity contribution in [1.29, 1.82) is 0 Å². The smallest absolute Gasteiger partial charge is 0.254 e. The predicted octanol–water partition coefficient (Wildman–Crippen LogP) is 5.39. The molecular weight excluding hydrogens is 380 g/mol. The number of hydrogen-bond acceptors (Lipinski definition) is 2. The molecule has 31 heavy (non-hydrogen) atoms. The molecule has 0 aromatic heterocycles. The van der Waals surface area contributed by atoms with Gasteiger partial charge in [0.05, 0.1) is 6.04 Å². The molecule has 1 saturated heterocycles. The van der Waals surface area contributed by atoms with Crippen LogP contribution in [0.15, 0.2) is 103 Å². The van der Waals surface area contributed by atoms with Crippen LogP contribution in [0.5, 0.6) is 0 Å². The molecule has 0 radical (unpaired) electrons.